The van der Waals surface area contributed by atoms with Crippen LogP contribution >= 0.6 is 0 Å². The first kappa shape index (κ1) is 9.84. The molecule has 10 heavy (non-hydrogen) atoms. The van der Waals surface area contributed by atoms with Crippen molar-refractivity contribution in [1.82, 2.24) is 10.8 Å². The zero-order valence-electron chi connectivity index (χ0n) is 6.39. The van der Waals surface area contributed by atoms with Gasteiger partial charge < -0.3 is 15.3 Å². The highest BCUT2D eigenvalue weighted by Gasteiger charge is 1.84. The second-order valence-corrected chi connectivity index (χ2v) is 1.86. The molecule has 62 valence electrons. The largest absolute Gasteiger partial charge is 0.380 e. The third kappa shape index (κ3) is 7.84. The molecule has 0 saturated carbocycles. The fourth-order valence-electron chi connectivity index (χ4n) is 0.558. The second-order valence-electron chi connectivity index (χ2n) is 1.86. The Bertz CT molecular complexity index is 53.7. The van der Waals surface area contributed by atoms with Crippen LogP contribution in [-0.2, 0) is 4.74 Å². The number of hydrogen-bond acceptors (Lipinski definition) is 4. The van der Waals surface area contributed by atoms with Gasteiger partial charge in [0.25, 0.3) is 0 Å². The summed E-state index contributed by atoms with van der Waals surface area (Å²) in [6.07, 6.45) is 0. The fraction of sp³-hybridized carbons (Fsp3) is 1.00. The van der Waals surface area contributed by atoms with Crippen molar-refractivity contribution in [3.8, 4) is 0 Å². The lowest BCUT2D eigenvalue weighted by Crippen LogP contribution is -2.27. The van der Waals surface area contributed by atoms with E-state index in [1.165, 1.54) is 0 Å². The molecule has 0 aromatic rings. The third-order valence-electron chi connectivity index (χ3n) is 1.04. The summed E-state index contributed by atoms with van der Waals surface area (Å²) < 4.78 is 5.07. The van der Waals surface area contributed by atoms with Crippen LogP contribution in [0.5, 0.6) is 0 Å². The van der Waals surface area contributed by atoms with Crippen LogP contribution in [0.1, 0.15) is 6.92 Å². The number of hydrogen-bond donors (Lipinski definition) is 3. The van der Waals surface area contributed by atoms with Crippen LogP contribution in [0.3, 0.4) is 0 Å². The van der Waals surface area contributed by atoms with Crippen molar-refractivity contribution in [2.45, 2.75) is 6.92 Å². The summed E-state index contributed by atoms with van der Waals surface area (Å²) in [4.78, 5) is 0. The lowest BCUT2D eigenvalue weighted by atomic mass is 10.6. The molecule has 4 nitrogen and oxygen atoms in total. The Hall–Kier alpha value is -0.160. The number of ether oxygens (including phenoxy) is 1. The van der Waals surface area contributed by atoms with Gasteiger partial charge in [-0.05, 0) is 6.92 Å². The number of hydroxylamine groups is 1. The first-order valence-electron chi connectivity index (χ1n) is 3.57. The van der Waals surface area contributed by atoms with Crippen LogP contribution in [0.4, 0.5) is 0 Å². The molecule has 0 radical (unpaired) electrons. The minimum atomic E-state index is 0.576. The molecule has 4 heteroatoms. The van der Waals surface area contributed by atoms with Gasteiger partial charge in [-0.15, -0.1) is 0 Å². The van der Waals surface area contributed by atoms with Crippen molar-refractivity contribution >= 4 is 0 Å². The minimum Gasteiger partial charge on any atom is -0.380 e. The van der Waals surface area contributed by atoms with Crippen LogP contribution in [0.25, 0.3) is 0 Å². The van der Waals surface area contributed by atoms with Crippen LogP contribution in [0, 0.1) is 0 Å². The van der Waals surface area contributed by atoms with E-state index in [-0.39, 0.29) is 0 Å². The second kappa shape index (κ2) is 8.84. The number of nitrogens with one attached hydrogen (secondary N) is 2. The van der Waals surface area contributed by atoms with Gasteiger partial charge in [-0.25, -0.2) is 5.48 Å². The Balaban J connectivity index is 2.65. The summed E-state index contributed by atoms with van der Waals surface area (Å²) in [6.45, 7) is 5.66. The monoisotopic (exact) mass is 148 g/mol. The van der Waals surface area contributed by atoms with Gasteiger partial charge in [-0.1, -0.05) is 0 Å². The topological polar surface area (TPSA) is 53.5 Å². The van der Waals surface area contributed by atoms with Crippen molar-refractivity contribution in [1.29, 1.82) is 0 Å². The van der Waals surface area contributed by atoms with Gasteiger partial charge in [0.2, 0.25) is 0 Å². The predicted molar refractivity (Wildman–Crippen MR) is 39.2 cm³/mol. The highest BCUT2D eigenvalue weighted by atomic mass is 16.5. The quantitative estimate of drug-likeness (QED) is 0.339. The zero-order chi connectivity index (χ0) is 7.66. The molecule has 0 aromatic carbocycles. The summed E-state index contributed by atoms with van der Waals surface area (Å²) in [7, 11) is 0. The Kier molecular flexibility index (Phi) is 8.70. The first-order valence-corrected chi connectivity index (χ1v) is 3.57. The average Bonchev–Trinajstić information content (AvgIpc) is 1.97. The van der Waals surface area contributed by atoms with Gasteiger partial charge in [0, 0.05) is 26.2 Å². The van der Waals surface area contributed by atoms with Crippen LogP contribution < -0.4 is 10.8 Å². The highest BCUT2D eigenvalue weighted by Crippen LogP contribution is 1.69. The van der Waals surface area contributed by atoms with E-state index in [9.17, 15) is 0 Å². The van der Waals surface area contributed by atoms with Crippen molar-refractivity contribution in [3.05, 3.63) is 0 Å². The van der Waals surface area contributed by atoms with E-state index < -0.39 is 0 Å². The molecule has 0 amide bonds. The molecule has 0 spiro atoms. The van der Waals surface area contributed by atoms with Gasteiger partial charge in [-0.2, -0.15) is 0 Å². The fourth-order valence-corrected chi connectivity index (χ4v) is 0.558. The maximum absolute atomic E-state index is 8.15. The Morgan fingerprint density at radius 2 is 2.10 bits per heavy atom. The van der Waals surface area contributed by atoms with E-state index >= 15 is 0 Å². The molecular weight excluding hydrogens is 132 g/mol. The Labute approximate surface area is 61.5 Å². The van der Waals surface area contributed by atoms with E-state index in [4.69, 9.17) is 9.94 Å². The summed E-state index contributed by atoms with van der Waals surface area (Å²) in [5, 5.41) is 11.2. The van der Waals surface area contributed by atoms with Gasteiger partial charge in [0.15, 0.2) is 0 Å². The molecule has 0 atom stereocenters. The Morgan fingerprint density at radius 1 is 1.30 bits per heavy atom. The van der Waals surface area contributed by atoms with Crippen LogP contribution in [0.2, 0.25) is 0 Å². The van der Waals surface area contributed by atoms with Crippen molar-refractivity contribution in [2.24, 2.45) is 0 Å². The Morgan fingerprint density at radius 3 is 2.70 bits per heavy atom. The van der Waals surface area contributed by atoms with E-state index in [1.54, 1.807) is 0 Å². The third-order valence-corrected chi connectivity index (χ3v) is 1.04. The molecule has 0 aliphatic rings. The van der Waals surface area contributed by atoms with Gasteiger partial charge >= 0.3 is 0 Å². The molecule has 3 N–H and O–H groups in total. The maximum atomic E-state index is 8.15. The van der Waals surface area contributed by atoms with E-state index in [2.05, 4.69) is 10.8 Å². The average molecular weight is 148 g/mol. The summed E-state index contributed by atoms with van der Waals surface area (Å²) in [6, 6.07) is 0. The van der Waals surface area contributed by atoms with E-state index in [0.717, 1.165) is 26.3 Å². The molecule has 0 fully saturated rings. The molecule has 0 heterocycles. The molecule has 0 unspecified atom stereocenters. The molecule has 0 saturated heterocycles. The molecule has 0 rings (SSSR count). The number of rotatable bonds is 7. The standard InChI is InChI=1S/C6H16N2O2/c1-2-10-6-5-7-3-4-8-9/h7-9H,2-6H2,1H3. The SMILES string of the molecule is CCOCCNCCNO. The van der Waals surface area contributed by atoms with Crippen LogP contribution in [0.15, 0.2) is 0 Å². The summed E-state index contributed by atoms with van der Waals surface area (Å²) in [5.41, 5.74) is 2.06. The predicted octanol–water partition coefficient (Wildman–Crippen LogP) is -0.409. The molecule has 0 bridgehead atoms. The van der Waals surface area contributed by atoms with Crippen molar-refractivity contribution in [3.63, 3.8) is 0 Å². The minimum absolute atomic E-state index is 0.576. The first-order chi connectivity index (χ1) is 4.91. The maximum Gasteiger partial charge on any atom is 0.0590 e. The highest BCUT2D eigenvalue weighted by molar-refractivity contribution is 4.45. The smallest absolute Gasteiger partial charge is 0.0590 e. The summed E-state index contributed by atoms with van der Waals surface area (Å²) in [5.74, 6) is 0. The molecule has 0 aliphatic heterocycles. The van der Waals surface area contributed by atoms with Crippen LogP contribution in [-0.4, -0.2) is 38.1 Å². The summed E-state index contributed by atoms with van der Waals surface area (Å²) >= 11 is 0. The lowest BCUT2D eigenvalue weighted by molar-refractivity contribution is 0.144. The van der Waals surface area contributed by atoms with Crippen molar-refractivity contribution in [2.75, 3.05) is 32.8 Å². The molecular formula is C6H16N2O2. The molecule has 0 aliphatic carbocycles. The lowest BCUT2D eigenvalue weighted by Gasteiger charge is -2.02. The van der Waals surface area contributed by atoms with Gasteiger partial charge in [0.05, 0.1) is 6.61 Å². The zero-order valence-corrected chi connectivity index (χ0v) is 6.39. The molecule has 0 aromatic heterocycles. The van der Waals surface area contributed by atoms with E-state index in [1.807, 2.05) is 6.92 Å². The van der Waals surface area contributed by atoms with Crippen molar-refractivity contribution < 1.29 is 9.94 Å². The van der Waals surface area contributed by atoms with E-state index in [0.29, 0.717) is 6.54 Å². The van der Waals surface area contributed by atoms with Gasteiger partial charge in [-0.3, -0.25) is 0 Å². The van der Waals surface area contributed by atoms with Gasteiger partial charge in [0.1, 0.15) is 0 Å². The normalized spacial score (nSPS) is 10.2.